The van der Waals surface area contributed by atoms with Gasteiger partial charge in [0.15, 0.2) is 0 Å². The lowest BCUT2D eigenvalue weighted by Gasteiger charge is -2.24. The van der Waals surface area contributed by atoms with Crippen molar-refractivity contribution < 1.29 is 4.79 Å². The summed E-state index contributed by atoms with van der Waals surface area (Å²) in [4.78, 5) is 16.1. The largest absolute Gasteiger partial charge is 0.338 e. The molecule has 0 radical (unpaired) electrons. The van der Waals surface area contributed by atoms with Crippen LogP contribution in [0.1, 0.15) is 21.5 Å². The Balaban J connectivity index is 1.49. The van der Waals surface area contributed by atoms with E-state index in [1.165, 1.54) is 15.9 Å². The minimum atomic E-state index is 0.0384. The molecule has 0 fully saturated rings. The second-order valence-corrected chi connectivity index (χ2v) is 6.43. The molecule has 1 heterocycles. The smallest absolute Gasteiger partial charge is 0.253 e. The summed E-state index contributed by atoms with van der Waals surface area (Å²) in [5, 5.41) is 12.0. The molecule has 0 bridgehead atoms. The van der Waals surface area contributed by atoms with E-state index < -0.39 is 0 Å². The van der Waals surface area contributed by atoms with Crippen molar-refractivity contribution in [3.63, 3.8) is 0 Å². The molecular weight excluding hydrogens is 314 g/mol. The number of likely N-dealkylation sites (N-methyl/N-ethyl adjacent to an activating group) is 1. The van der Waals surface area contributed by atoms with E-state index >= 15 is 0 Å². The summed E-state index contributed by atoms with van der Waals surface area (Å²) < 4.78 is 0. The summed E-state index contributed by atoms with van der Waals surface area (Å²) in [5.74, 6) is 0.595. The summed E-state index contributed by atoms with van der Waals surface area (Å²) in [5.41, 5.74) is 4.21. The maximum atomic E-state index is 12.8. The summed E-state index contributed by atoms with van der Waals surface area (Å²) in [6, 6.07) is 16.0. The first-order chi connectivity index (χ1) is 12.1. The van der Waals surface area contributed by atoms with Crippen LogP contribution in [0, 0.1) is 0 Å². The van der Waals surface area contributed by atoms with Crippen molar-refractivity contribution in [3.05, 3.63) is 65.2 Å². The number of hydrogen-bond donors (Lipinski definition) is 0. The number of aryl methyl sites for hydroxylation is 1. The van der Waals surface area contributed by atoms with Crippen molar-refractivity contribution in [1.29, 1.82) is 0 Å². The molecule has 3 aromatic rings. The lowest BCUT2D eigenvalue weighted by molar-refractivity contribution is 0.0738. The van der Waals surface area contributed by atoms with Crippen LogP contribution >= 0.6 is 0 Å². The SMILES string of the molecule is CN(C(=O)c1ccc(-c2nnn(C)n2)cc1)C1Cc2ccccc2C1. The average Bonchev–Trinajstić information content (AvgIpc) is 3.26. The number of benzene rings is 2. The topological polar surface area (TPSA) is 63.9 Å². The third-order valence-corrected chi connectivity index (χ3v) is 4.80. The van der Waals surface area contributed by atoms with E-state index in [1.807, 2.05) is 36.2 Å². The molecule has 0 unspecified atom stereocenters. The van der Waals surface area contributed by atoms with Crippen molar-refractivity contribution in [2.75, 3.05) is 7.05 Å². The molecule has 6 nitrogen and oxygen atoms in total. The molecule has 0 spiro atoms. The zero-order valence-electron chi connectivity index (χ0n) is 14.3. The summed E-state index contributed by atoms with van der Waals surface area (Å²) >= 11 is 0. The zero-order valence-corrected chi connectivity index (χ0v) is 14.3. The Kier molecular flexibility index (Phi) is 3.80. The van der Waals surface area contributed by atoms with Gasteiger partial charge < -0.3 is 4.90 Å². The minimum absolute atomic E-state index is 0.0384. The summed E-state index contributed by atoms with van der Waals surface area (Å²) in [6.07, 6.45) is 1.83. The molecule has 1 aliphatic carbocycles. The van der Waals surface area contributed by atoms with E-state index in [4.69, 9.17) is 0 Å². The van der Waals surface area contributed by atoms with Gasteiger partial charge in [0, 0.05) is 24.2 Å². The van der Waals surface area contributed by atoms with Crippen molar-refractivity contribution in [3.8, 4) is 11.4 Å². The number of aromatic nitrogens is 4. The second kappa shape index (κ2) is 6.12. The Morgan fingerprint density at radius 1 is 1.08 bits per heavy atom. The van der Waals surface area contributed by atoms with Gasteiger partial charge in [-0.3, -0.25) is 4.79 Å². The molecule has 0 saturated carbocycles. The molecule has 0 atom stereocenters. The minimum Gasteiger partial charge on any atom is -0.338 e. The Morgan fingerprint density at radius 2 is 1.72 bits per heavy atom. The van der Waals surface area contributed by atoms with Gasteiger partial charge in [0.2, 0.25) is 5.82 Å². The second-order valence-electron chi connectivity index (χ2n) is 6.43. The third-order valence-electron chi connectivity index (χ3n) is 4.80. The lowest BCUT2D eigenvalue weighted by atomic mass is 10.1. The van der Waals surface area contributed by atoms with Crippen LogP contribution in [0.2, 0.25) is 0 Å². The van der Waals surface area contributed by atoms with Crippen molar-refractivity contribution >= 4 is 5.91 Å². The van der Waals surface area contributed by atoms with E-state index in [0.29, 0.717) is 11.4 Å². The predicted octanol–water partition coefficient (Wildman–Crippen LogP) is 2.12. The molecular formula is C19H19N5O. The molecule has 1 amide bonds. The average molecular weight is 333 g/mol. The molecule has 1 aromatic heterocycles. The Hall–Kier alpha value is -3.02. The van der Waals surface area contributed by atoms with Gasteiger partial charge in [-0.25, -0.2) is 0 Å². The van der Waals surface area contributed by atoms with Gasteiger partial charge in [0.1, 0.15) is 0 Å². The maximum Gasteiger partial charge on any atom is 0.253 e. The molecule has 1 aliphatic rings. The molecule has 25 heavy (non-hydrogen) atoms. The first-order valence-corrected chi connectivity index (χ1v) is 8.30. The van der Waals surface area contributed by atoms with Crippen molar-refractivity contribution in [2.45, 2.75) is 18.9 Å². The Morgan fingerprint density at radius 3 is 2.28 bits per heavy atom. The lowest BCUT2D eigenvalue weighted by Crippen LogP contribution is -2.37. The highest BCUT2D eigenvalue weighted by Crippen LogP contribution is 2.26. The molecule has 4 rings (SSSR count). The Labute approximate surface area is 146 Å². The van der Waals surface area contributed by atoms with Gasteiger partial charge in [-0.05, 0) is 41.3 Å². The molecule has 0 saturated heterocycles. The van der Waals surface area contributed by atoms with Crippen molar-refractivity contribution in [1.82, 2.24) is 25.1 Å². The third kappa shape index (κ3) is 2.91. The van der Waals surface area contributed by atoms with E-state index in [0.717, 1.165) is 18.4 Å². The first-order valence-electron chi connectivity index (χ1n) is 8.30. The van der Waals surface area contributed by atoms with Crippen molar-refractivity contribution in [2.24, 2.45) is 7.05 Å². The normalized spacial score (nSPS) is 13.7. The summed E-state index contributed by atoms with van der Waals surface area (Å²) in [6.45, 7) is 0. The van der Waals surface area contributed by atoms with E-state index in [-0.39, 0.29) is 11.9 Å². The van der Waals surface area contributed by atoms with Crippen LogP contribution in [0.4, 0.5) is 0 Å². The van der Waals surface area contributed by atoms with Gasteiger partial charge in [-0.1, -0.05) is 36.4 Å². The molecule has 0 N–H and O–H groups in total. The van der Waals surface area contributed by atoms with Crippen LogP contribution < -0.4 is 0 Å². The van der Waals surface area contributed by atoms with Crippen LogP contribution in [0.5, 0.6) is 0 Å². The number of carbonyl (C=O) groups is 1. The highest BCUT2D eigenvalue weighted by Gasteiger charge is 2.27. The monoisotopic (exact) mass is 333 g/mol. The first kappa shape index (κ1) is 15.5. The zero-order chi connectivity index (χ0) is 17.4. The molecule has 6 heteroatoms. The number of fused-ring (bicyclic) bond motifs is 1. The summed E-state index contributed by atoms with van der Waals surface area (Å²) in [7, 11) is 3.61. The van der Waals surface area contributed by atoms with Crippen LogP contribution in [-0.2, 0) is 19.9 Å². The van der Waals surface area contributed by atoms with Crippen LogP contribution in [0.25, 0.3) is 11.4 Å². The van der Waals surface area contributed by atoms with Crippen LogP contribution in [-0.4, -0.2) is 44.1 Å². The fourth-order valence-electron chi connectivity index (χ4n) is 3.34. The van der Waals surface area contributed by atoms with E-state index in [2.05, 4.69) is 39.7 Å². The van der Waals surface area contributed by atoms with E-state index in [9.17, 15) is 4.79 Å². The predicted molar refractivity (Wildman–Crippen MR) is 94.0 cm³/mol. The van der Waals surface area contributed by atoms with Gasteiger partial charge in [-0.2, -0.15) is 4.80 Å². The van der Waals surface area contributed by atoms with Crippen LogP contribution in [0.15, 0.2) is 48.5 Å². The molecule has 2 aromatic carbocycles. The number of tetrazole rings is 1. The number of rotatable bonds is 3. The fraction of sp³-hybridized carbons (Fsp3) is 0.263. The Bertz CT molecular complexity index is 891. The number of carbonyl (C=O) groups excluding carboxylic acids is 1. The van der Waals surface area contributed by atoms with Crippen LogP contribution in [0.3, 0.4) is 0 Å². The van der Waals surface area contributed by atoms with Gasteiger partial charge in [0.05, 0.1) is 7.05 Å². The maximum absolute atomic E-state index is 12.8. The number of hydrogen-bond acceptors (Lipinski definition) is 4. The molecule has 126 valence electrons. The highest BCUT2D eigenvalue weighted by molar-refractivity contribution is 5.94. The molecule has 0 aliphatic heterocycles. The standard InChI is InChI=1S/C19H19N5O/c1-23(17-11-15-5-3-4-6-16(15)12-17)19(25)14-9-7-13(8-10-14)18-20-22-24(2)21-18/h3-10,17H,11-12H2,1-2H3. The van der Waals surface area contributed by atoms with Gasteiger partial charge in [0.25, 0.3) is 5.91 Å². The number of amides is 1. The fourth-order valence-corrected chi connectivity index (χ4v) is 3.34. The number of nitrogens with zero attached hydrogens (tertiary/aromatic N) is 5. The highest BCUT2D eigenvalue weighted by atomic mass is 16.2. The van der Waals surface area contributed by atoms with E-state index in [1.54, 1.807) is 7.05 Å². The van der Waals surface area contributed by atoms with Gasteiger partial charge >= 0.3 is 0 Å². The quantitative estimate of drug-likeness (QED) is 0.736. The van der Waals surface area contributed by atoms with Gasteiger partial charge in [-0.15, -0.1) is 10.2 Å².